The van der Waals surface area contributed by atoms with Gasteiger partial charge in [0.05, 0.1) is 23.1 Å². The normalized spacial score (nSPS) is 10.2. The summed E-state index contributed by atoms with van der Waals surface area (Å²) in [6.07, 6.45) is 3.19. The molecule has 0 aliphatic rings. The van der Waals surface area contributed by atoms with Gasteiger partial charge in [-0.1, -0.05) is 6.07 Å². The smallest absolute Gasteiger partial charge is 0.270 e. The molecule has 1 N–H and O–H groups in total. The summed E-state index contributed by atoms with van der Waals surface area (Å²) >= 11 is 0. The number of hydrogen-bond donors (Lipinski definition) is 1. The van der Waals surface area contributed by atoms with Crippen LogP contribution in [0.15, 0.2) is 30.7 Å². The molecule has 2 rings (SSSR count). The van der Waals surface area contributed by atoms with Gasteiger partial charge in [-0.2, -0.15) is 0 Å². The summed E-state index contributed by atoms with van der Waals surface area (Å²) in [5.41, 5.74) is 2.66. The van der Waals surface area contributed by atoms with Crippen LogP contribution in [0.4, 0.5) is 5.69 Å². The van der Waals surface area contributed by atoms with Crippen molar-refractivity contribution in [1.29, 1.82) is 0 Å². The lowest BCUT2D eigenvalue weighted by molar-refractivity contribution is -0.384. The summed E-state index contributed by atoms with van der Waals surface area (Å²) in [5, 5.41) is 10.6. The molecule has 0 unspecified atom stereocenters. The second-order valence-electron chi connectivity index (χ2n) is 3.22. The zero-order valence-corrected chi connectivity index (χ0v) is 8.10. The van der Waals surface area contributed by atoms with E-state index in [-0.39, 0.29) is 5.69 Å². The second kappa shape index (κ2) is 3.53. The number of nitro benzene ring substituents is 1. The Morgan fingerprint density at radius 2 is 2.27 bits per heavy atom. The van der Waals surface area contributed by atoms with E-state index in [9.17, 15) is 10.1 Å². The molecule has 0 radical (unpaired) electrons. The Morgan fingerprint density at radius 3 is 2.87 bits per heavy atom. The number of rotatable bonds is 2. The predicted octanol–water partition coefficient (Wildman–Crippen LogP) is 2.29. The lowest BCUT2D eigenvalue weighted by Gasteiger charge is -2.02. The molecule has 1 heterocycles. The van der Waals surface area contributed by atoms with Crippen molar-refractivity contribution >= 4 is 5.69 Å². The predicted molar refractivity (Wildman–Crippen MR) is 55.4 cm³/mol. The van der Waals surface area contributed by atoms with E-state index in [4.69, 9.17) is 0 Å². The zero-order chi connectivity index (χ0) is 10.8. The molecule has 15 heavy (non-hydrogen) atoms. The van der Waals surface area contributed by atoms with Gasteiger partial charge in [-0.15, -0.1) is 0 Å². The molecule has 1 aromatic carbocycles. The molecular weight excluding hydrogens is 194 g/mol. The monoisotopic (exact) mass is 203 g/mol. The largest absolute Gasteiger partial charge is 0.345 e. The fourth-order valence-corrected chi connectivity index (χ4v) is 1.42. The number of aromatic amines is 1. The van der Waals surface area contributed by atoms with Crippen LogP contribution in [0.25, 0.3) is 11.3 Å². The van der Waals surface area contributed by atoms with Crippen LogP contribution < -0.4 is 0 Å². The number of nitrogens with zero attached hydrogens (tertiary/aromatic N) is 2. The maximum Gasteiger partial charge on any atom is 0.270 e. The molecule has 76 valence electrons. The van der Waals surface area contributed by atoms with Crippen molar-refractivity contribution in [2.75, 3.05) is 0 Å². The van der Waals surface area contributed by atoms with E-state index in [1.54, 1.807) is 24.7 Å². The van der Waals surface area contributed by atoms with Crippen LogP contribution in [0.1, 0.15) is 5.56 Å². The Labute approximate surface area is 85.9 Å². The second-order valence-corrected chi connectivity index (χ2v) is 3.22. The van der Waals surface area contributed by atoms with E-state index in [1.807, 2.05) is 6.92 Å². The average Bonchev–Trinajstić information content (AvgIpc) is 2.71. The van der Waals surface area contributed by atoms with Gasteiger partial charge in [0, 0.05) is 17.7 Å². The Kier molecular flexibility index (Phi) is 2.21. The average molecular weight is 203 g/mol. The number of nitro groups is 1. The van der Waals surface area contributed by atoms with Crippen molar-refractivity contribution in [2.45, 2.75) is 6.92 Å². The van der Waals surface area contributed by atoms with Gasteiger partial charge in [0.15, 0.2) is 0 Å². The van der Waals surface area contributed by atoms with E-state index in [0.717, 1.165) is 16.8 Å². The first-order valence-electron chi connectivity index (χ1n) is 4.42. The first kappa shape index (κ1) is 9.39. The number of non-ortho nitro benzene ring substituents is 1. The van der Waals surface area contributed by atoms with Crippen LogP contribution >= 0.6 is 0 Å². The summed E-state index contributed by atoms with van der Waals surface area (Å²) < 4.78 is 0. The summed E-state index contributed by atoms with van der Waals surface area (Å²) in [5.74, 6) is 0. The van der Waals surface area contributed by atoms with E-state index in [1.165, 1.54) is 6.07 Å². The molecule has 5 heteroatoms. The first-order valence-corrected chi connectivity index (χ1v) is 4.42. The van der Waals surface area contributed by atoms with Gasteiger partial charge in [0.25, 0.3) is 5.69 Å². The van der Waals surface area contributed by atoms with Crippen molar-refractivity contribution in [1.82, 2.24) is 9.97 Å². The molecule has 0 fully saturated rings. The summed E-state index contributed by atoms with van der Waals surface area (Å²) in [6, 6.07) is 4.77. The molecule has 0 atom stereocenters. The summed E-state index contributed by atoms with van der Waals surface area (Å²) in [7, 11) is 0. The topological polar surface area (TPSA) is 71.8 Å². The van der Waals surface area contributed by atoms with Crippen LogP contribution in [-0.2, 0) is 0 Å². The van der Waals surface area contributed by atoms with E-state index in [2.05, 4.69) is 9.97 Å². The minimum atomic E-state index is -0.403. The van der Waals surface area contributed by atoms with E-state index >= 15 is 0 Å². The quantitative estimate of drug-likeness (QED) is 0.601. The molecule has 0 saturated heterocycles. The summed E-state index contributed by atoms with van der Waals surface area (Å²) in [6.45, 7) is 1.90. The molecule has 2 aromatic rings. The highest BCUT2D eigenvalue weighted by atomic mass is 16.6. The molecule has 0 aliphatic carbocycles. The molecular formula is C10H9N3O2. The Hall–Kier alpha value is -2.17. The van der Waals surface area contributed by atoms with Crippen molar-refractivity contribution in [3.63, 3.8) is 0 Å². The summed E-state index contributed by atoms with van der Waals surface area (Å²) in [4.78, 5) is 17.0. The van der Waals surface area contributed by atoms with Gasteiger partial charge in [-0.05, 0) is 12.5 Å². The number of nitrogens with one attached hydrogen (secondary N) is 1. The third kappa shape index (κ3) is 1.71. The standard InChI is InChI=1S/C10H9N3O2/c1-7-2-3-8(13(14)15)4-9(7)10-5-11-6-12-10/h2-6H,1H3,(H,11,12). The van der Waals surface area contributed by atoms with Crippen LogP contribution in [0.5, 0.6) is 0 Å². The SMILES string of the molecule is Cc1ccc([N+](=O)[O-])cc1-c1cnc[nH]1. The Balaban J connectivity index is 2.55. The highest BCUT2D eigenvalue weighted by Gasteiger charge is 2.10. The maximum absolute atomic E-state index is 10.6. The van der Waals surface area contributed by atoms with Crippen molar-refractivity contribution in [3.05, 3.63) is 46.4 Å². The van der Waals surface area contributed by atoms with Crippen LogP contribution in [0, 0.1) is 17.0 Å². The molecule has 1 aromatic heterocycles. The van der Waals surface area contributed by atoms with Crippen molar-refractivity contribution in [3.8, 4) is 11.3 Å². The van der Waals surface area contributed by atoms with Crippen molar-refractivity contribution in [2.24, 2.45) is 0 Å². The van der Waals surface area contributed by atoms with Crippen LogP contribution in [-0.4, -0.2) is 14.9 Å². The first-order chi connectivity index (χ1) is 7.18. The third-order valence-electron chi connectivity index (χ3n) is 2.22. The number of H-pyrrole nitrogens is 1. The molecule has 0 bridgehead atoms. The fraction of sp³-hybridized carbons (Fsp3) is 0.100. The van der Waals surface area contributed by atoms with Gasteiger partial charge < -0.3 is 4.98 Å². The maximum atomic E-state index is 10.6. The van der Waals surface area contributed by atoms with Crippen LogP contribution in [0.2, 0.25) is 0 Å². The highest BCUT2D eigenvalue weighted by Crippen LogP contribution is 2.25. The van der Waals surface area contributed by atoms with Gasteiger partial charge in [0.2, 0.25) is 0 Å². The Morgan fingerprint density at radius 1 is 1.47 bits per heavy atom. The van der Waals surface area contributed by atoms with Gasteiger partial charge >= 0.3 is 0 Å². The number of benzene rings is 1. The molecule has 5 nitrogen and oxygen atoms in total. The molecule has 0 aliphatic heterocycles. The lowest BCUT2D eigenvalue weighted by Crippen LogP contribution is -1.90. The third-order valence-corrected chi connectivity index (χ3v) is 2.22. The van der Waals surface area contributed by atoms with E-state index in [0.29, 0.717) is 0 Å². The van der Waals surface area contributed by atoms with Crippen LogP contribution in [0.3, 0.4) is 0 Å². The van der Waals surface area contributed by atoms with Crippen molar-refractivity contribution < 1.29 is 4.92 Å². The number of aromatic nitrogens is 2. The van der Waals surface area contributed by atoms with Gasteiger partial charge in [0.1, 0.15) is 0 Å². The van der Waals surface area contributed by atoms with Gasteiger partial charge in [-0.25, -0.2) is 4.98 Å². The molecule has 0 spiro atoms. The number of imidazole rings is 1. The zero-order valence-electron chi connectivity index (χ0n) is 8.10. The Bertz CT molecular complexity index is 491. The van der Waals surface area contributed by atoms with E-state index < -0.39 is 4.92 Å². The molecule has 0 amide bonds. The number of aryl methyl sites for hydroxylation is 1. The molecule has 0 saturated carbocycles. The number of hydrogen-bond acceptors (Lipinski definition) is 3. The minimum Gasteiger partial charge on any atom is -0.345 e. The lowest BCUT2D eigenvalue weighted by atomic mass is 10.1. The highest BCUT2D eigenvalue weighted by molar-refractivity contribution is 5.65. The minimum absolute atomic E-state index is 0.0881. The fourth-order valence-electron chi connectivity index (χ4n) is 1.42. The van der Waals surface area contributed by atoms with Gasteiger partial charge in [-0.3, -0.25) is 10.1 Å².